The van der Waals surface area contributed by atoms with Crippen LogP contribution in [0.2, 0.25) is 0 Å². The minimum absolute atomic E-state index is 0.775. The summed E-state index contributed by atoms with van der Waals surface area (Å²) in [5.41, 5.74) is 3.97. The second-order valence-electron chi connectivity index (χ2n) is 6.37. The number of nitrogens with zero attached hydrogens (tertiary/aromatic N) is 2. The summed E-state index contributed by atoms with van der Waals surface area (Å²) >= 11 is 0. The third-order valence-electron chi connectivity index (χ3n) is 4.52. The average Bonchev–Trinajstić information content (AvgIpc) is 2.69. The van der Waals surface area contributed by atoms with Gasteiger partial charge in [0.25, 0.3) is 0 Å². The molecule has 0 radical (unpaired) electrons. The molecule has 0 fully saturated rings. The molecule has 0 saturated carbocycles. The Morgan fingerprint density at radius 1 is 0.885 bits per heavy atom. The molecule has 0 aromatic heterocycles. The van der Waals surface area contributed by atoms with Crippen LogP contribution in [0, 0.1) is 0 Å². The number of hydrogen-bond acceptors (Lipinski definition) is 2. The second-order valence-corrected chi connectivity index (χ2v) is 6.37. The van der Waals surface area contributed by atoms with Crippen LogP contribution in [0.25, 0.3) is 0 Å². The lowest BCUT2D eigenvalue weighted by atomic mass is 10.1. The van der Waals surface area contributed by atoms with E-state index in [0.717, 1.165) is 45.1 Å². The average molecular weight is 353 g/mol. The highest BCUT2D eigenvalue weighted by Gasteiger charge is 2.03. The van der Waals surface area contributed by atoms with Crippen molar-refractivity contribution in [1.29, 1.82) is 0 Å². The highest BCUT2D eigenvalue weighted by Crippen LogP contribution is 2.08. The van der Waals surface area contributed by atoms with Crippen LogP contribution in [-0.4, -0.2) is 37.5 Å². The highest BCUT2D eigenvalue weighted by molar-refractivity contribution is 5.79. The summed E-state index contributed by atoms with van der Waals surface area (Å²) in [6, 6.07) is 19.3. The number of rotatable bonds is 9. The molecular formula is C22H32N4. The van der Waals surface area contributed by atoms with Gasteiger partial charge in [-0.15, -0.1) is 0 Å². The predicted molar refractivity (Wildman–Crippen MR) is 111 cm³/mol. The first-order chi connectivity index (χ1) is 12.7. The molecule has 0 atom stereocenters. The Bertz CT molecular complexity index is 663. The Morgan fingerprint density at radius 3 is 2.27 bits per heavy atom. The SMILES string of the molecule is CCN(CC)Cc1cccc(CNC(=NC)NCCc2ccccc2)c1. The van der Waals surface area contributed by atoms with Gasteiger partial charge in [-0.2, -0.15) is 0 Å². The topological polar surface area (TPSA) is 39.7 Å². The van der Waals surface area contributed by atoms with Crippen molar-refractivity contribution in [2.24, 2.45) is 4.99 Å². The smallest absolute Gasteiger partial charge is 0.191 e. The van der Waals surface area contributed by atoms with Crippen molar-refractivity contribution in [1.82, 2.24) is 15.5 Å². The van der Waals surface area contributed by atoms with E-state index in [1.54, 1.807) is 0 Å². The van der Waals surface area contributed by atoms with Gasteiger partial charge in [0, 0.05) is 26.7 Å². The highest BCUT2D eigenvalue weighted by atomic mass is 15.2. The molecular weight excluding hydrogens is 320 g/mol. The summed E-state index contributed by atoms with van der Waals surface area (Å²) in [6.45, 7) is 9.22. The van der Waals surface area contributed by atoms with E-state index in [0.29, 0.717) is 0 Å². The van der Waals surface area contributed by atoms with Crippen molar-refractivity contribution in [2.75, 3.05) is 26.7 Å². The zero-order valence-electron chi connectivity index (χ0n) is 16.3. The van der Waals surface area contributed by atoms with Crippen molar-refractivity contribution in [2.45, 2.75) is 33.4 Å². The summed E-state index contributed by atoms with van der Waals surface area (Å²) in [5, 5.41) is 6.79. The molecule has 26 heavy (non-hydrogen) atoms. The number of benzene rings is 2. The zero-order chi connectivity index (χ0) is 18.6. The summed E-state index contributed by atoms with van der Waals surface area (Å²) < 4.78 is 0. The number of nitrogens with one attached hydrogen (secondary N) is 2. The first-order valence-corrected chi connectivity index (χ1v) is 9.53. The van der Waals surface area contributed by atoms with E-state index in [9.17, 15) is 0 Å². The molecule has 0 aliphatic rings. The van der Waals surface area contributed by atoms with Gasteiger partial charge in [-0.05, 0) is 36.2 Å². The molecule has 2 aromatic rings. The van der Waals surface area contributed by atoms with E-state index < -0.39 is 0 Å². The molecule has 4 nitrogen and oxygen atoms in total. The monoisotopic (exact) mass is 352 g/mol. The molecule has 2 N–H and O–H groups in total. The summed E-state index contributed by atoms with van der Waals surface area (Å²) in [4.78, 5) is 6.75. The second kappa shape index (κ2) is 11.3. The van der Waals surface area contributed by atoms with Crippen LogP contribution in [-0.2, 0) is 19.5 Å². The van der Waals surface area contributed by atoms with E-state index in [2.05, 4.69) is 82.9 Å². The molecule has 2 aromatic carbocycles. The van der Waals surface area contributed by atoms with E-state index in [1.165, 1.54) is 16.7 Å². The van der Waals surface area contributed by atoms with Gasteiger partial charge >= 0.3 is 0 Å². The Morgan fingerprint density at radius 2 is 1.58 bits per heavy atom. The molecule has 4 heteroatoms. The largest absolute Gasteiger partial charge is 0.356 e. The summed E-state index contributed by atoms with van der Waals surface area (Å²) in [6.07, 6.45) is 0.987. The van der Waals surface area contributed by atoms with Crippen molar-refractivity contribution in [3.05, 3.63) is 71.3 Å². The van der Waals surface area contributed by atoms with Crippen molar-refractivity contribution < 1.29 is 0 Å². The molecule has 0 aliphatic carbocycles. The van der Waals surface area contributed by atoms with E-state index in [1.807, 2.05) is 13.1 Å². The standard InChI is InChI=1S/C22H32N4/c1-4-26(5-2)18-21-13-9-12-20(16-21)17-25-22(23-3)24-15-14-19-10-7-6-8-11-19/h6-13,16H,4-5,14-15,17-18H2,1-3H3,(H2,23,24,25). The third-order valence-corrected chi connectivity index (χ3v) is 4.52. The van der Waals surface area contributed by atoms with Crippen molar-refractivity contribution >= 4 is 5.96 Å². The molecule has 0 heterocycles. The van der Waals surface area contributed by atoms with Gasteiger partial charge in [0.1, 0.15) is 0 Å². The Balaban J connectivity index is 1.80. The Kier molecular flexibility index (Phi) is 8.70. The quantitative estimate of drug-likeness (QED) is 0.536. The summed E-state index contributed by atoms with van der Waals surface area (Å²) in [5.74, 6) is 0.843. The minimum Gasteiger partial charge on any atom is -0.356 e. The van der Waals surface area contributed by atoms with Crippen molar-refractivity contribution in [3.63, 3.8) is 0 Å². The molecule has 0 saturated heterocycles. The maximum absolute atomic E-state index is 4.32. The molecule has 0 unspecified atom stereocenters. The summed E-state index contributed by atoms with van der Waals surface area (Å²) in [7, 11) is 1.81. The molecule has 0 bridgehead atoms. The molecule has 0 spiro atoms. The van der Waals surface area contributed by atoms with Crippen LogP contribution < -0.4 is 10.6 Å². The van der Waals surface area contributed by atoms with Crippen LogP contribution in [0.1, 0.15) is 30.5 Å². The van der Waals surface area contributed by atoms with Crippen LogP contribution in [0.15, 0.2) is 59.6 Å². The van der Waals surface area contributed by atoms with Crippen LogP contribution in [0.3, 0.4) is 0 Å². The fraction of sp³-hybridized carbons (Fsp3) is 0.409. The molecule has 0 amide bonds. The molecule has 140 valence electrons. The molecule has 2 rings (SSSR count). The normalized spacial score (nSPS) is 11.6. The van der Waals surface area contributed by atoms with E-state index in [-0.39, 0.29) is 0 Å². The number of hydrogen-bond donors (Lipinski definition) is 2. The lowest BCUT2D eigenvalue weighted by molar-refractivity contribution is 0.296. The fourth-order valence-corrected chi connectivity index (χ4v) is 2.92. The number of guanidine groups is 1. The van der Waals surface area contributed by atoms with Crippen LogP contribution >= 0.6 is 0 Å². The zero-order valence-corrected chi connectivity index (χ0v) is 16.3. The lowest BCUT2D eigenvalue weighted by Crippen LogP contribution is -2.37. The predicted octanol–water partition coefficient (Wildman–Crippen LogP) is 3.44. The van der Waals surface area contributed by atoms with Crippen molar-refractivity contribution in [3.8, 4) is 0 Å². The maximum atomic E-state index is 4.32. The Hall–Kier alpha value is -2.33. The molecule has 0 aliphatic heterocycles. The van der Waals surface area contributed by atoms with Crippen LogP contribution in [0.5, 0.6) is 0 Å². The number of aliphatic imine (C=N–C) groups is 1. The lowest BCUT2D eigenvalue weighted by Gasteiger charge is -2.18. The van der Waals surface area contributed by atoms with Gasteiger partial charge < -0.3 is 10.6 Å². The van der Waals surface area contributed by atoms with E-state index >= 15 is 0 Å². The van der Waals surface area contributed by atoms with Gasteiger partial charge in [0.05, 0.1) is 0 Å². The minimum atomic E-state index is 0.775. The van der Waals surface area contributed by atoms with E-state index in [4.69, 9.17) is 0 Å². The Labute approximate surface area is 158 Å². The first kappa shape index (κ1) is 20.0. The third kappa shape index (κ3) is 6.89. The van der Waals surface area contributed by atoms with Gasteiger partial charge in [-0.3, -0.25) is 9.89 Å². The van der Waals surface area contributed by atoms with Gasteiger partial charge in [0.2, 0.25) is 0 Å². The van der Waals surface area contributed by atoms with Gasteiger partial charge in [0.15, 0.2) is 5.96 Å². The van der Waals surface area contributed by atoms with Gasteiger partial charge in [-0.1, -0.05) is 68.4 Å². The maximum Gasteiger partial charge on any atom is 0.191 e. The first-order valence-electron chi connectivity index (χ1n) is 9.53. The van der Waals surface area contributed by atoms with Crippen LogP contribution in [0.4, 0.5) is 0 Å². The van der Waals surface area contributed by atoms with Gasteiger partial charge in [-0.25, -0.2) is 0 Å². The fourth-order valence-electron chi connectivity index (χ4n) is 2.92.